The highest BCUT2D eigenvalue weighted by atomic mass is 16.5. The van der Waals surface area contributed by atoms with Crippen molar-refractivity contribution in [2.75, 3.05) is 0 Å². The summed E-state index contributed by atoms with van der Waals surface area (Å²) in [4.78, 5) is 0. The van der Waals surface area contributed by atoms with Crippen molar-refractivity contribution in [1.82, 2.24) is 0 Å². The zero-order chi connectivity index (χ0) is 11.2. The molecule has 1 aromatic rings. The molecule has 5 heteroatoms. The van der Waals surface area contributed by atoms with Crippen LogP contribution >= 0.6 is 0 Å². The molecule has 15 heavy (non-hydrogen) atoms. The van der Waals surface area contributed by atoms with Crippen molar-refractivity contribution in [3.63, 3.8) is 0 Å². The average Bonchev–Trinajstić information content (AvgIpc) is 2.72. The van der Waals surface area contributed by atoms with Crippen molar-refractivity contribution in [2.45, 2.75) is 26.3 Å². The molecule has 0 unspecified atom stereocenters. The first-order chi connectivity index (χ1) is 6.96. The van der Waals surface area contributed by atoms with Crippen molar-refractivity contribution in [1.29, 1.82) is 0 Å². The molecule has 0 N–H and O–H groups in total. The zero-order valence-electron chi connectivity index (χ0n) is 8.85. The molecular formula is C10H12N2O3. The molecule has 0 bridgehead atoms. The van der Waals surface area contributed by atoms with Gasteiger partial charge in [-0.15, -0.1) is 9.48 Å². The highest BCUT2D eigenvalue weighted by Crippen LogP contribution is 2.22. The highest BCUT2D eigenvalue weighted by molar-refractivity contribution is 6.04. The second kappa shape index (κ2) is 2.85. The zero-order valence-corrected chi connectivity index (χ0v) is 8.85. The summed E-state index contributed by atoms with van der Waals surface area (Å²) in [5.41, 5.74) is -0.538. The van der Waals surface area contributed by atoms with Gasteiger partial charge < -0.3 is 14.8 Å². The van der Waals surface area contributed by atoms with Crippen LogP contribution < -0.4 is 0 Å². The molecule has 2 heterocycles. The van der Waals surface area contributed by atoms with Gasteiger partial charge in [0.05, 0.1) is 13.2 Å². The Labute approximate surface area is 87.1 Å². The van der Waals surface area contributed by atoms with Gasteiger partial charge in [0.25, 0.3) is 5.54 Å². The SMILES string of the molecule is CC1=[N+]([O-])C(C)(C)C(c2ccco2)=[N+]1[O-]. The summed E-state index contributed by atoms with van der Waals surface area (Å²) in [7, 11) is 0. The fraction of sp³-hybridized carbons (Fsp3) is 0.400. The molecule has 1 aliphatic rings. The van der Waals surface area contributed by atoms with E-state index in [1.54, 1.807) is 26.0 Å². The van der Waals surface area contributed by atoms with Crippen molar-refractivity contribution in [3.8, 4) is 0 Å². The van der Waals surface area contributed by atoms with E-state index in [4.69, 9.17) is 4.42 Å². The molecule has 5 nitrogen and oxygen atoms in total. The molecule has 0 amide bonds. The summed E-state index contributed by atoms with van der Waals surface area (Å²) in [6, 6.07) is 3.36. The lowest BCUT2D eigenvalue weighted by Gasteiger charge is -2.14. The molecule has 0 fully saturated rings. The van der Waals surface area contributed by atoms with E-state index in [0.29, 0.717) is 20.9 Å². The van der Waals surface area contributed by atoms with Crippen molar-refractivity contribution in [3.05, 3.63) is 34.6 Å². The van der Waals surface area contributed by atoms with Crippen molar-refractivity contribution >= 4 is 11.5 Å². The summed E-state index contributed by atoms with van der Waals surface area (Å²) in [5.74, 6) is 0.569. The third-order valence-corrected chi connectivity index (χ3v) is 2.63. The Kier molecular flexibility index (Phi) is 1.86. The second-order valence-electron chi connectivity index (χ2n) is 4.02. The number of nitrogens with zero attached hydrogens (tertiary/aromatic N) is 2. The Bertz CT molecular complexity index is 455. The second-order valence-corrected chi connectivity index (χ2v) is 4.02. The van der Waals surface area contributed by atoms with Crippen LogP contribution in [-0.4, -0.2) is 26.6 Å². The van der Waals surface area contributed by atoms with Gasteiger partial charge in [0.15, 0.2) is 0 Å². The number of hydrogen-bond acceptors (Lipinski definition) is 3. The number of rotatable bonds is 1. The summed E-state index contributed by atoms with van der Waals surface area (Å²) in [6.45, 7) is 4.89. The highest BCUT2D eigenvalue weighted by Gasteiger charge is 2.51. The Morgan fingerprint density at radius 1 is 1.33 bits per heavy atom. The van der Waals surface area contributed by atoms with Gasteiger partial charge in [0, 0.05) is 13.8 Å². The molecule has 1 aliphatic heterocycles. The van der Waals surface area contributed by atoms with Crippen LogP contribution in [0.4, 0.5) is 0 Å². The Hall–Kier alpha value is -1.78. The Balaban J connectivity index is 2.61. The quantitative estimate of drug-likeness (QED) is 0.516. The standard InChI is InChI=1S/C10H12N2O3/c1-7-11(13)9(8-5-4-6-15-8)10(2,3)12(7)14/h4-6H,1-3H3. The van der Waals surface area contributed by atoms with Gasteiger partial charge in [-0.05, 0) is 12.1 Å². The smallest absolute Gasteiger partial charge is 0.433 e. The normalized spacial score (nSPS) is 20.2. The maximum Gasteiger partial charge on any atom is 0.433 e. The minimum atomic E-state index is -0.885. The fourth-order valence-corrected chi connectivity index (χ4v) is 1.81. The number of furan rings is 1. The lowest BCUT2D eigenvalue weighted by Crippen LogP contribution is -2.39. The Morgan fingerprint density at radius 3 is 2.40 bits per heavy atom. The van der Waals surface area contributed by atoms with Gasteiger partial charge in [-0.1, -0.05) is 0 Å². The van der Waals surface area contributed by atoms with Crippen molar-refractivity contribution < 1.29 is 13.9 Å². The van der Waals surface area contributed by atoms with Gasteiger partial charge in [-0.3, -0.25) is 0 Å². The molecule has 0 aliphatic carbocycles. The van der Waals surface area contributed by atoms with E-state index in [1.807, 2.05) is 0 Å². The van der Waals surface area contributed by atoms with E-state index in [1.165, 1.54) is 13.2 Å². The molecule has 0 spiro atoms. The van der Waals surface area contributed by atoms with E-state index in [9.17, 15) is 10.4 Å². The molecular weight excluding hydrogens is 196 g/mol. The van der Waals surface area contributed by atoms with E-state index in [0.717, 1.165) is 0 Å². The van der Waals surface area contributed by atoms with Gasteiger partial charge in [0.2, 0.25) is 5.76 Å². The van der Waals surface area contributed by atoms with Gasteiger partial charge in [-0.25, -0.2) is 0 Å². The topological polar surface area (TPSA) is 65.3 Å². The third kappa shape index (κ3) is 1.16. The first kappa shape index (κ1) is 9.76. The maximum atomic E-state index is 11.8. The van der Waals surface area contributed by atoms with Crippen LogP contribution in [0.25, 0.3) is 0 Å². The molecule has 0 atom stereocenters. The van der Waals surface area contributed by atoms with Crippen LogP contribution in [0.2, 0.25) is 0 Å². The van der Waals surface area contributed by atoms with E-state index in [-0.39, 0.29) is 5.84 Å². The van der Waals surface area contributed by atoms with Gasteiger partial charge in [-0.2, -0.15) is 0 Å². The average molecular weight is 208 g/mol. The molecule has 0 saturated carbocycles. The largest absolute Gasteiger partial charge is 0.619 e. The van der Waals surface area contributed by atoms with Gasteiger partial charge in [0.1, 0.15) is 0 Å². The molecule has 1 aromatic heterocycles. The lowest BCUT2D eigenvalue weighted by atomic mass is 9.98. The van der Waals surface area contributed by atoms with E-state index >= 15 is 0 Å². The molecule has 0 radical (unpaired) electrons. The van der Waals surface area contributed by atoms with Crippen LogP contribution in [0.15, 0.2) is 22.8 Å². The van der Waals surface area contributed by atoms with E-state index < -0.39 is 5.54 Å². The molecule has 0 aromatic carbocycles. The predicted molar refractivity (Wildman–Crippen MR) is 54.8 cm³/mol. The van der Waals surface area contributed by atoms with Crippen LogP contribution in [-0.2, 0) is 0 Å². The van der Waals surface area contributed by atoms with Crippen molar-refractivity contribution in [2.24, 2.45) is 0 Å². The lowest BCUT2D eigenvalue weighted by molar-refractivity contribution is -0.532. The van der Waals surface area contributed by atoms with Crippen LogP contribution in [0.1, 0.15) is 26.5 Å². The first-order valence-electron chi connectivity index (χ1n) is 4.65. The predicted octanol–water partition coefficient (Wildman–Crippen LogP) is 1.30. The number of hydroxylamine groups is 2. The van der Waals surface area contributed by atoms with Crippen LogP contribution in [0.5, 0.6) is 0 Å². The first-order valence-corrected chi connectivity index (χ1v) is 4.65. The van der Waals surface area contributed by atoms with Gasteiger partial charge >= 0.3 is 11.5 Å². The Morgan fingerprint density at radius 2 is 2.00 bits per heavy atom. The number of amidine groups is 1. The summed E-state index contributed by atoms with van der Waals surface area (Å²) >= 11 is 0. The maximum absolute atomic E-state index is 11.8. The molecule has 80 valence electrons. The minimum Gasteiger partial charge on any atom is -0.619 e. The summed E-state index contributed by atoms with van der Waals surface area (Å²) in [6.07, 6.45) is 1.48. The molecule has 2 rings (SSSR count). The monoisotopic (exact) mass is 208 g/mol. The number of hydrogen-bond donors (Lipinski definition) is 0. The minimum absolute atomic E-state index is 0.131. The van der Waals surface area contributed by atoms with Crippen LogP contribution in [0, 0.1) is 10.4 Å². The van der Waals surface area contributed by atoms with Crippen LogP contribution in [0.3, 0.4) is 0 Å². The summed E-state index contributed by atoms with van der Waals surface area (Å²) in [5, 5.41) is 23.5. The summed E-state index contributed by atoms with van der Waals surface area (Å²) < 4.78 is 6.50. The molecule has 0 saturated heterocycles. The van der Waals surface area contributed by atoms with E-state index in [2.05, 4.69) is 0 Å². The fourth-order valence-electron chi connectivity index (χ4n) is 1.81. The third-order valence-electron chi connectivity index (χ3n) is 2.63.